The molecule has 1 rings (SSSR count). The van der Waals surface area contributed by atoms with Crippen molar-refractivity contribution in [3.63, 3.8) is 0 Å². The van der Waals surface area contributed by atoms with Crippen LogP contribution >= 0.6 is 15.9 Å². The maximum atomic E-state index is 12.9. The Kier molecular flexibility index (Phi) is 3.69. The Morgan fingerprint density at radius 3 is 2.85 bits per heavy atom. The van der Waals surface area contributed by atoms with Crippen LogP contribution in [-0.4, -0.2) is 6.54 Å². The largest absolute Gasteiger partial charge is 0.398 e. The van der Waals surface area contributed by atoms with Gasteiger partial charge in [0.25, 0.3) is 0 Å². The topological polar surface area (TPSA) is 38.0 Å². The smallest absolute Gasteiger partial charge is 0.124 e. The van der Waals surface area contributed by atoms with E-state index in [-0.39, 0.29) is 5.82 Å². The van der Waals surface area contributed by atoms with Gasteiger partial charge in [0.2, 0.25) is 0 Å². The summed E-state index contributed by atoms with van der Waals surface area (Å²) in [4.78, 5) is 0. The number of nitrogen functional groups attached to an aromatic ring is 1. The first kappa shape index (κ1) is 10.5. The summed E-state index contributed by atoms with van der Waals surface area (Å²) in [6.45, 7) is 3.43. The number of halogens is 2. The zero-order valence-electron chi connectivity index (χ0n) is 7.40. The molecule has 0 unspecified atom stereocenters. The van der Waals surface area contributed by atoms with Crippen molar-refractivity contribution in [2.24, 2.45) is 0 Å². The van der Waals surface area contributed by atoms with E-state index in [1.807, 2.05) is 6.92 Å². The van der Waals surface area contributed by atoms with Gasteiger partial charge in [-0.15, -0.1) is 0 Å². The van der Waals surface area contributed by atoms with Crippen molar-refractivity contribution in [1.82, 2.24) is 5.32 Å². The molecule has 0 aliphatic rings. The number of nitrogens with two attached hydrogens (primary N) is 1. The molecule has 1 aromatic carbocycles. The molecular weight excluding hydrogens is 235 g/mol. The first-order valence-electron chi connectivity index (χ1n) is 4.09. The molecule has 0 atom stereocenters. The second kappa shape index (κ2) is 4.58. The summed E-state index contributed by atoms with van der Waals surface area (Å²) >= 11 is 3.20. The normalized spacial score (nSPS) is 10.4. The van der Waals surface area contributed by atoms with Crippen LogP contribution < -0.4 is 11.1 Å². The molecule has 1 aromatic rings. The fraction of sp³-hybridized carbons (Fsp3) is 0.333. The molecule has 13 heavy (non-hydrogen) atoms. The quantitative estimate of drug-likeness (QED) is 0.804. The van der Waals surface area contributed by atoms with Crippen LogP contribution in [0.2, 0.25) is 0 Å². The molecule has 0 spiro atoms. The predicted molar refractivity (Wildman–Crippen MR) is 55.9 cm³/mol. The Morgan fingerprint density at radius 2 is 2.23 bits per heavy atom. The molecule has 0 aliphatic heterocycles. The summed E-state index contributed by atoms with van der Waals surface area (Å²) in [5.41, 5.74) is 7.12. The molecule has 0 bridgehead atoms. The zero-order valence-corrected chi connectivity index (χ0v) is 8.99. The standard InChI is InChI=1S/C9H12BrFN2/c1-2-13-5-6-3-7(11)4-8(10)9(6)12/h3-4,13H,2,5,12H2,1H3. The van der Waals surface area contributed by atoms with Crippen molar-refractivity contribution < 1.29 is 4.39 Å². The molecule has 4 heteroatoms. The van der Waals surface area contributed by atoms with E-state index in [0.29, 0.717) is 16.7 Å². The maximum Gasteiger partial charge on any atom is 0.124 e. The summed E-state index contributed by atoms with van der Waals surface area (Å²) < 4.78 is 13.5. The van der Waals surface area contributed by atoms with Crippen LogP contribution in [0.4, 0.5) is 10.1 Å². The van der Waals surface area contributed by atoms with Gasteiger partial charge in [-0.3, -0.25) is 0 Å². The minimum Gasteiger partial charge on any atom is -0.398 e. The Bertz CT molecular complexity index is 302. The van der Waals surface area contributed by atoms with E-state index in [1.165, 1.54) is 12.1 Å². The molecule has 0 saturated carbocycles. The first-order valence-corrected chi connectivity index (χ1v) is 4.88. The highest BCUT2D eigenvalue weighted by atomic mass is 79.9. The lowest BCUT2D eigenvalue weighted by molar-refractivity contribution is 0.621. The molecule has 0 aromatic heterocycles. The molecule has 3 N–H and O–H groups in total. The van der Waals surface area contributed by atoms with E-state index >= 15 is 0 Å². The zero-order chi connectivity index (χ0) is 9.84. The summed E-state index contributed by atoms with van der Waals surface area (Å²) in [5, 5.41) is 3.09. The maximum absolute atomic E-state index is 12.9. The third kappa shape index (κ3) is 2.67. The number of benzene rings is 1. The van der Waals surface area contributed by atoms with Crippen molar-refractivity contribution >= 4 is 21.6 Å². The highest BCUT2D eigenvalue weighted by Crippen LogP contribution is 2.24. The number of anilines is 1. The van der Waals surface area contributed by atoms with Gasteiger partial charge in [0.15, 0.2) is 0 Å². The van der Waals surface area contributed by atoms with Crippen LogP contribution in [0.15, 0.2) is 16.6 Å². The lowest BCUT2D eigenvalue weighted by Crippen LogP contribution is -2.13. The van der Waals surface area contributed by atoms with Gasteiger partial charge in [0.05, 0.1) is 5.69 Å². The molecular formula is C9H12BrFN2. The van der Waals surface area contributed by atoms with E-state index in [9.17, 15) is 4.39 Å². The van der Waals surface area contributed by atoms with E-state index in [4.69, 9.17) is 5.73 Å². The fourth-order valence-electron chi connectivity index (χ4n) is 1.04. The van der Waals surface area contributed by atoms with Crippen LogP contribution in [0, 0.1) is 5.82 Å². The van der Waals surface area contributed by atoms with Gasteiger partial charge in [-0.1, -0.05) is 6.92 Å². The van der Waals surface area contributed by atoms with Gasteiger partial charge in [0.1, 0.15) is 5.82 Å². The van der Waals surface area contributed by atoms with Crippen LogP contribution in [0.3, 0.4) is 0 Å². The summed E-state index contributed by atoms with van der Waals surface area (Å²) in [7, 11) is 0. The van der Waals surface area contributed by atoms with Crippen molar-refractivity contribution in [3.8, 4) is 0 Å². The minimum atomic E-state index is -0.269. The van der Waals surface area contributed by atoms with Gasteiger partial charge in [-0.05, 0) is 40.2 Å². The minimum absolute atomic E-state index is 0.269. The molecule has 0 heterocycles. The van der Waals surface area contributed by atoms with E-state index in [0.717, 1.165) is 12.1 Å². The number of hydrogen-bond acceptors (Lipinski definition) is 2. The monoisotopic (exact) mass is 246 g/mol. The van der Waals surface area contributed by atoms with Crippen LogP contribution in [-0.2, 0) is 6.54 Å². The van der Waals surface area contributed by atoms with Crippen LogP contribution in [0.25, 0.3) is 0 Å². The molecule has 2 nitrogen and oxygen atoms in total. The Labute approximate surface area is 85.4 Å². The summed E-state index contributed by atoms with van der Waals surface area (Å²) in [6.07, 6.45) is 0. The number of hydrogen-bond donors (Lipinski definition) is 2. The van der Waals surface area contributed by atoms with Crippen molar-refractivity contribution in [3.05, 3.63) is 28.0 Å². The Hall–Kier alpha value is -0.610. The highest BCUT2D eigenvalue weighted by Gasteiger charge is 2.05. The van der Waals surface area contributed by atoms with Crippen molar-refractivity contribution in [2.75, 3.05) is 12.3 Å². The lowest BCUT2D eigenvalue weighted by Gasteiger charge is -2.07. The number of nitrogens with one attached hydrogen (secondary N) is 1. The second-order valence-corrected chi connectivity index (χ2v) is 3.60. The first-order chi connectivity index (χ1) is 6.15. The van der Waals surface area contributed by atoms with E-state index in [1.54, 1.807) is 0 Å². The molecule has 0 aliphatic carbocycles. The third-order valence-electron chi connectivity index (χ3n) is 1.75. The van der Waals surface area contributed by atoms with Crippen LogP contribution in [0.5, 0.6) is 0 Å². The van der Waals surface area contributed by atoms with Gasteiger partial charge >= 0.3 is 0 Å². The molecule has 0 amide bonds. The Balaban J connectivity index is 2.92. The lowest BCUT2D eigenvalue weighted by atomic mass is 10.2. The van der Waals surface area contributed by atoms with E-state index in [2.05, 4.69) is 21.2 Å². The van der Waals surface area contributed by atoms with Gasteiger partial charge in [0, 0.05) is 11.0 Å². The highest BCUT2D eigenvalue weighted by molar-refractivity contribution is 9.10. The Morgan fingerprint density at radius 1 is 1.54 bits per heavy atom. The van der Waals surface area contributed by atoms with Gasteiger partial charge < -0.3 is 11.1 Å². The SMILES string of the molecule is CCNCc1cc(F)cc(Br)c1N. The van der Waals surface area contributed by atoms with Gasteiger partial charge in [-0.25, -0.2) is 4.39 Å². The third-order valence-corrected chi connectivity index (χ3v) is 2.40. The molecule has 72 valence electrons. The van der Waals surface area contributed by atoms with Crippen LogP contribution in [0.1, 0.15) is 12.5 Å². The average molecular weight is 247 g/mol. The fourth-order valence-corrected chi connectivity index (χ4v) is 1.52. The molecule has 0 saturated heterocycles. The average Bonchev–Trinajstić information content (AvgIpc) is 2.09. The molecule has 0 radical (unpaired) electrons. The van der Waals surface area contributed by atoms with Crippen molar-refractivity contribution in [2.45, 2.75) is 13.5 Å². The molecule has 0 fully saturated rings. The second-order valence-electron chi connectivity index (χ2n) is 2.74. The predicted octanol–water partition coefficient (Wildman–Crippen LogP) is 2.28. The summed E-state index contributed by atoms with van der Waals surface area (Å²) in [5.74, 6) is -0.269. The van der Waals surface area contributed by atoms with Crippen molar-refractivity contribution in [1.29, 1.82) is 0 Å². The van der Waals surface area contributed by atoms with Gasteiger partial charge in [-0.2, -0.15) is 0 Å². The van der Waals surface area contributed by atoms with E-state index < -0.39 is 0 Å². The summed E-state index contributed by atoms with van der Waals surface area (Å²) in [6, 6.07) is 2.81. The number of rotatable bonds is 3.